The SMILES string of the molecule is CCCc1ccc(OCCCC(=O)Nc2cccc(C(C)=O)c2)cc1. The van der Waals surface area contributed by atoms with Gasteiger partial charge < -0.3 is 10.1 Å². The van der Waals surface area contributed by atoms with Gasteiger partial charge in [-0.05, 0) is 49.6 Å². The molecule has 0 aliphatic rings. The van der Waals surface area contributed by atoms with Crippen molar-refractivity contribution in [1.29, 1.82) is 0 Å². The molecule has 0 spiro atoms. The molecule has 1 N–H and O–H groups in total. The lowest BCUT2D eigenvalue weighted by Crippen LogP contribution is -2.13. The van der Waals surface area contributed by atoms with E-state index in [0.29, 0.717) is 30.7 Å². The monoisotopic (exact) mass is 339 g/mol. The Morgan fingerprint density at radius 2 is 1.84 bits per heavy atom. The van der Waals surface area contributed by atoms with Crippen molar-refractivity contribution in [3.63, 3.8) is 0 Å². The number of ether oxygens (including phenoxy) is 1. The van der Waals surface area contributed by atoms with Gasteiger partial charge in [-0.25, -0.2) is 0 Å². The van der Waals surface area contributed by atoms with Crippen molar-refractivity contribution in [3.05, 3.63) is 59.7 Å². The highest BCUT2D eigenvalue weighted by molar-refractivity contribution is 5.97. The lowest BCUT2D eigenvalue weighted by atomic mass is 10.1. The Morgan fingerprint density at radius 1 is 1.08 bits per heavy atom. The number of rotatable bonds is 9. The zero-order valence-corrected chi connectivity index (χ0v) is 14.9. The third kappa shape index (κ3) is 6.42. The van der Waals surface area contributed by atoms with Crippen LogP contribution >= 0.6 is 0 Å². The van der Waals surface area contributed by atoms with Gasteiger partial charge in [0, 0.05) is 17.7 Å². The van der Waals surface area contributed by atoms with E-state index in [0.717, 1.165) is 18.6 Å². The molecule has 0 aliphatic heterocycles. The van der Waals surface area contributed by atoms with Crippen LogP contribution in [0.2, 0.25) is 0 Å². The third-order valence-electron chi connectivity index (χ3n) is 3.83. The van der Waals surface area contributed by atoms with Gasteiger partial charge in [0.15, 0.2) is 5.78 Å². The van der Waals surface area contributed by atoms with Gasteiger partial charge >= 0.3 is 0 Å². The number of carbonyl (C=O) groups excluding carboxylic acids is 2. The summed E-state index contributed by atoms with van der Waals surface area (Å²) in [4.78, 5) is 23.3. The summed E-state index contributed by atoms with van der Waals surface area (Å²) in [5.74, 6) is 0.728. The van der Waals surface area contributed by atoms with Gasteiger partial charge in [0.1, 0.15) is 5.75 Å². The van der Waals surface area contributed by atoms with Crippen molar-refractivity contribution in [2.24, 2.45) is 0 Å². The summed E-state index contributed by atoms with van der Waals surface area (Å²) in [6.45, 7) is 4.16. The minimum atomic E-state index is -0.0809. The first-order chi connectivity index (χ1) is 12.1. The second-order valence-electron chi connectivity index (χ2n) is 6.03. The van der Waals surface area contributed by atoms with Crippen molar-refractivity contribution < 1.29 is 14.3 Å². The fourth-order valence-corrected chi connectivity index (χ4v) is 2.50. The Morgan fingerprint density at radius 3 is 2.52 bits per heavy atom. The van der Waals surface area contributed by atoms with Crippen LogP contribution < -0.4 is 10.1 Å². The molecule has 25 heavy (non-hydrogen) atoms. The first-order valence-corrected chi connectivity index (χ1v) is 8.71. The molecule has 0 saturated carbocycles. The summed E-state index contributed by atoms with van der Waals surface area (Å²) < 4.78 is 5.67. The summed E-state index contributed by atoms with van der Waals surface area (Å²) in [7, 11) is 0. The predicted octanol–water partition coefficient (Wildman–Crippen LogP) is 4.64. The first-order valence-electron chi connectivity index (χ1n) is 8.71. The molecule has 0 aromatic heterocycles. The molecule has 0 atom stereocenters. The molecular formula is C21H25NO3. The van der Waals surface area contributed by atoms with Gasteiger partial charge in [-0.15, -0.1) is 0 Å². The van der Waals surface area contributed by atoms with E-state index in [2.05, 4.69) is 24.4 Å². The van der Waals surface area contributed by atoms with Gasteiger partial charge in [0.25, 0.3) is 0 Å². The van der Waals surface area contributed by atoms with Crippen LogP contribution in [0, 0.1) is 0 Å². The summed E-state index contributed by atoms with van der Waals surface area (Å²) in [6.07, 6.45) is 3.21. The number of hydrogen-bond donors (Lipinski definition) is 1. The molecule has 4 heteroatoms. The van der Waals surface area contributed by atoms with Crippen LogP contribution in [0.3, 0.4) is 0 Å². The van der Waals surface area contributed by atoms with Crippen LogP contribution in [0.25, 0.3) is 0 Å². The summed E-state index contributed by atoms with van der Waals surface area (Å²) in [5, 5.41) is 2.81. The third-order valence-corrected chi connectivity index (χ3v) is 3.83. The normalized spacial score (nSPS) is 10.3. The molecule has 1 amide bonds. The second-order valence-corrected chi connectivity index (χ2v) is 6.03. The molecule has 0 aliphatic carbocycles. The standard InChI is InChI=1S/C21H25NO3/c1-3-6-17-10-12-20(13-11-17)25-14-5-9-21(24)22-19-8-4-7-18(15-19)16(2)23/h4,7-8,10-13,15H,3,5-6,9,14H2,1-2H3,(H,22,24). The smallest absolute Gasteiger partial charge is 0.224 e. The molecule has 2 rings (SSSR count). The highest BCUT2D eigenvalue weighted by atomic mass is 16.5. The number of anilines is 1. The van der Waals surface area contributed by atoms with E-state index in [1.165, 1.54) is 12.5 Å². The maximum absolute atomic E-state index is 12.0. The fraction of sp³-hybridized carbons (Fsp3) is 0.333. The predicted molar refractivity (Wildman–Crippen MR) is 100 cm³/mol. The van der Waals surface area contributed by atoms with Crippen LogP contribution in [0.5, 0.6) is 5.75 Å². The van der Waals surface area contributed by atoms with Gasteiger partial charge in [-0.1, -0.05) is 37.6 Å². The second kappa shape index (κ2) is 9.62. The molecular weight excluding hydrogens is 314 g/mol. The molecule has 132 valence electrons. The van der Waals surface area contributed by atoms with Crippen LogP contribution in [0.1, 0.15) is 49.0 Å². The van der Waals surface area contributed by atoms with Crippen molar-refractivity contribution in [2.75, 3.05) is 11.9 Å². The summed E-state index contributed by atoms with van der Waals surface area (Å²) >= 11 is 0. The molecule has 2 aromatic carbocycles. The average molecular weight is 339 g/mol. The summed E-state index contributed by atoms with van der Waals surface area (Å²) in [6, 6.07) is 15.1. The molecule has 0 radical (unpaired) electrons. The minimum absolute atomic E-state index is 0.0190. The van der Waals surface area contributed by atoms with Crippen LogP contribution in [0.15, 0.2) is 48.5 Å². The minimum Gasteiger partial charge on any atom is -0.494 e. The van der Waals surface area contributed by atoms with Gasteiger partial charge in [0.05, 0.1) is 6.61 Å². The molecule has 0 bridgehead atoms. The van der Waals surface area contributed by atoms with Gasteiger partial charge in [-0.3, -0.25) is 9.59 Å². The van der Waals surface area contributed by atoms with Crippen molar-refractivity contribution >= 4 is 17.4 Å². The molecule has 0 saturated heterocycles. The topological polar surface area (TPSA) is 55.4 Å². The Balaban J connectivity index is 1.71. The van der Waals surface area contributed by atoms with Crippen molar-refractivity contribution in [1.82, 2.24) is 0 Å². The first kappa shape index (κ1) is 18.7. The van der Waals surface area contributed by atoms with Crippen molar-refractivity contribution in [3.8, 4) is 5.75 Å². The quantitative estimate of drug-likeness (QED) is 0.535. The van der Waals surface area contributed by atoms with Crippen LogP contribution in [-0.4, -0.2) is 18.3 Å². The van der Waals surface area contributed by atoms with E-state index in [-0.39, 0.29) is 11.7 Å². The number of carbonyl (C=O) groups is 2. The number of nitrogens with one attached hydrogen (secondary N) is 1. The fourth-order valence-electron chi connectivity index (χ4n) is 2.50. The molecule has 2 aromatic rings. The van der Waals surface area contributed by atoms with E-state index < -0.39 is 0 Å². The van der Waals surface area contributed by atoms with E-state index in [1.807, 2.05) is 12.1 Å². The average Bonchev–Trinajstić information content (AvgIpc) is 2.60. The number of ketones is 1. The van der Waals surface area contributed by atoms with Crippen LogP contribution in [0.4, 0.5) is 5.69 Å². The van der Waals surface area contributed by atoms with Gasteiger partial charge in [-0.2, -0.15) is 0 Å². The molecule has 0 heterocycles. The number of hydrogen-bond acceptors (Lipinski definition) is 3. The number of Topliss-reactive ketones (excluding diaryl/α,β-unsaturated/α-hetero) is 1. The van der Waals surface area contributed by atoms with E-state index in [9.17, 15) is 9.59 Å². The highest BCUT2D eigenvalue weighted by Crippen LogP contribution is 2.14. The van der Waals surface area contributed by atoms with E-state index in [4.69, 9.17) is 4.74 Å². The maximum Gasteiger partial charge on any atom is 0.224 e. The summed E-state index contributed by atoms with van der Waals surface area (Å²) in [5.41, 5.74) is 2.54. The van der Waals surface area contributed by atoms with Crippen LogP contribution in [-0.2, 0) is 11.2 Å². The Bertz CT molecular complexity index is 707. The molecule has 0 fully saturated rings. The number of amides is 1. The highest BCUT2D eigenvalue weighted by Gasteiger charge is 2.05. The Labute approximate surface area is 149 Å². The lowest BCUT2D eigenvalue weighted by molar-refractivity contribution is -0.116. The number of aryl methyl sites for hydroxylation is 1. The zero-order chi connectivity index (χ0) is 18.1. The molecule has 4 nitrogen and oxygen atoms in total. The van der Waals surface area contributed by atoms with E-state index >= 15 is 0 Å². The van der Waals surface area contributed by atoms with E-state index in [1.54, 1.807) is 24.3 Å². The Hall–Kier alpha value is -2.62. The molecule has 0 unspecified atom stereocenters. The zero-order valence-electron chi connectivity index (χ0n) is 14.9. The van der Waals surface area contributed by atoms with Gasteiger partial charge in [0.2, 0.25) is 5.91 Å². The Kier molecular flexibility index (Phi) is 7.20. The van der Waals surface area contributed by atoms with Crippen molar-refractivity contribution in [2.45, 2.75) is 39.5 Å². The maximum atomic E-state index is 12.0. The lowest BCUT2D eigenvalue weighted by Gasteiger charge is -2.08. The largest absolute Gasteiger partial charge is 0.494 e. The number of benzene rings is 2.